The molecule has 2 saturated heterocycles. The van der Waals surface area contributed by atoms with Crippen LogP contribution in [0.15, 0.2) is 65.7 Å². The van der Waals surface area contributed by atoms with Crippen molar-refractivity contribution in [1.29, 1.82) is 0 Å². The zero-order chi connectivity index (χ0) is 15.2. The van der Waals surface area contributed by atoms with E-state index < -0.39 is 5.41 Å². The molecule has 2 aromatic rings. The van der Waals surface area contributed by atoms with Crippen molar-refractivity contribution in [2.45, 2.75) is 11.8 Å². The summed E-state index contributed by atoms with van der Waals surface area (Å²) in [5.74, 6) is -0.143. The van der Waals surface area contributed by atoms with Gasteiger partial charge in [-0.1, -0.05) is 48.5 Å². The van der Waals surface area contributed by atoms with Crippen molar-refractivity contribution >= 4 is 23.2 Å². The molecule has 3 fully saturated rings. The molecule has 2 aromatic carbocycles. The van der Waals surface area contributed by atoms with Gasteiger partial charge >= 0.3 is 0 Å². The molecule has 4 heteroatoms. The number of fused-ring (bicyclic) bond motifs is 2. The third-order valence-corrected chi connectivity index (χ3v) is 4.48. The van der Waals surface area contributed by atoms with E-state index >= 15 is 0 Å². The Balaban J connectivity index is 1.70. The Labute approximate surface area is 127 Å². The number of ketones is 1. The predicted octanol–water partition coefficient (Wildman–Crippen LogP) is 2.37. The largest absolute Gasteiger partial charge is 0.312 e. The average molecular weight is 290 g/mol. The quantitative estimate of drug-likeness (QED) is 0.863. The number of benzene rings is 2. The van der Waals surface area contributed by atoms with Gasteiger partial charge in [-0.25, -0.2) is 4.99 Å². The molecule has 2 bridgehead atoms. The number of hydrogen-bond donors (Lipinski definition) is 1. The van der Waals surface area contributed by atoms with Crippen LogP contribution >= 0.6 is 0 Å². The number of amidine groups is 1. The van der Waals surface area contributed by atoms with Crippen molar-refractivity contribution in [3.05, 3.63) is 66.2 Å². The molecule has 1 saturated carbocycles. The molecule has 1 N–H and O–H groups in total. The summed E-state index contributed by atoms with van der Waals surface area (Å²) in [4.78, 5) is 29.6. The molecule has 0 aromatic heterocycles. The van der Waals surface area contributed by atoms with Gasteiger partial charge in [0.2, 0.25) is 5.91 Å². The molecule has 0 radical (unpaired) electrons. The van der Waals surface area contributed by atoms with E-state index in [4.69, 9.17) is 0 Å². The van der Waals surface area contributed by atoms with Gasteiger partial charge in [0.15, 0.2) is 5.78 Å². The molecule has 108 valence electrons. The van der Waals surface area contributed by atoms with E-state index in [9.17, 15) is 9.59 Å². The summed E-state index contributed by atoms with van der Waals surface area (Å²) >= 11 is 0. The number of carbonyl (C=O) groups is 2. The minimum Gasteiger partial charge on any atom is -0.312 e. The minimum absolute atomic E-state index is 0.0443. The van der Waals surface area contributed by atoms with Crippen molar-refractivity contribution in [1.82, 2.24) is 5.32 Å². The van der Waals surface area contributed by atoms with E-state index in [-0.39, 0.29) is 17.6 Å². The first-order chi connectivity index (χ1) is 10.7. The van der Waals surface area contributed by atoms with E-state index in [1.165, 1.54) is 0 Å². The van der Waals surface area contributed by atoms with Crippen LogP contribution in [-0.2, 0) is 15.0 Å². The topological polar surface area (TPSA) is 58.5 Å². The van der Waals surface area contributed by atoms with Crippen LogP contribution in [0.2, 0.25) is 0 Å². The second-order valence-corrected chi connectivity index (χ2v) is 5.68. The number of rotatable bonds is 2. The molecule has 2 atom stereocenters. The fourth-order valence-corrected chi connectivity index (χ4v) is 3.26. The maximum Gasteiger partial charge on any atom is 0.243 e. The molecule has 3 aliphatic rings. The van der Waals surface area contributed by atoms with Crippen LogP contribution in [0.4, 0.5) is 5.69 Å². The summed E-state index contributed by atoms with van der Waals surface area (Å²) in [6, 6.07) is 18.6. The van der Waals surface area contributed by atoms with Gasteiger partial charge in [-0.2, -0.15) is 0 Å². The van der Waals surface area contributed by atoms with Gasteiger partial charge in [-0.15, -0.1) is 0 Å². The van der Waals surface area contributed by atoms with Crippen molar-refractivity contribution in [2.24, 2.45) is 10.9 Å². The van der Waals surface area contributed by atoms with Crippen LogP contribution < -0.4 is 5.32 Å². The van der Waals surface area contributed by atoms with Crippen molar-refractivity contribution in [3.8, 4) is 0 Å². The molecule has 2 unspecified atom stereocenters. The minimum atomic E-state index is -1.01. The van der Waals surface area contributed by atoms with E-state index in [0.717, 1.165) is 11.3 Å². The summed E-state index contributed by atoms with van der Waals surface area (Å²) in [6.07, 6.45) is 0.507. The van der Waals surface area contributed by atoms with Crippen molar-refractivity contribution < 1.29 is 9.59 Å². The predicted molar refractivity (Wildman–Crippen MR) is 82.9 cm³/mol. The summed E-state index contributed by atoms with van der Waals surface area (Å²) in [5, 5.41) is 2.82. The molecular formula is C18H14N2O2. The van der Waals surface area contributed by atoms with Gasteiger partial charge in [-0.3, -0.25) is 9.59 Å². The first kappa shape index (κ1) is 13.0. The van der Waals surface area contributed by atoms with Gasteiger partial charge in [0, 0.05) is 0 Å². The molecule has 5 rings (SSSR count). The van der Waals surface area contributed by atoms with E-state index in [1.807, 2.05) is 60.7 Å². The fourth-order valence-electron chi connectivity index (χ4n) is 3.26. The molecule has 0 spiro atoms. The number of Topliss-reactive ketones (excluding diaryl/α,β-unsaturated/α-hetero) is 1. The van der Waals surface area contributed by atoms with Gasteiger partial charge in [0.25, 0.3) is 0 Å². The highest BCUT2D eigenvalue weighted by atomic mass is 16.2. The standard InChI is InChI=1S/C18H14N2O2/c21-15-14-11-18(15,12-7-3-1-4-8-12)17(22)20-16(14)19-13-9-5-2-6-10-13/h1-10,14H,11H2,(H,19,20,22). The molecule has 2 aliphatic heterocycles. The highest BCUT2D eigenvalue weighted by molar-refractivity contribution is 6.32. The average Bonchev–Trinajstić information content (AvgIpc) is 2.55. The number of hydrogen-bond acceptors (Lipinski definition) is 3. The van der Waals surface area contributed by atoms with E-state index in [2.05, 4.69) is 10.3 Å². The Morgan fingerprint density at radius 2 is 1.59 bits per heavy atom. The lowest BCUT2D eigenvalue weighted by Gasteiger charge is -2.49. The third kappa shape index (κ3) is 1.67. The van der Waals surface area contributed by atoms with E-state index in [0.29, 0.717) is 12.3 Å². The number of para-hydroxylation sites is 1. The first-order valence-corrected chi connectivity index (χ1v) is 7.27. The van der Waals surface area contributed by atoms with Crippen LogP contribution in [0.5, 0.6) is 0 Å². The Morgan fingerprint density at radius 1 is 0.955 bits per heavy atom. The molecule has 4 nitrogen and oxygen atoms in total. The van der Waals surface area contributed by atoms with Gasteiger partial charge in [-0.05, 0) is 24.1 Å². The van der Waals surface area contributed by atoms with Crippen molar-refractivity contribution in [2.75, 3.05) is 0 Å². The van der Waals surface area contributed by atoms with Crippen molar-refractivity contribution in [3.63, 3.8) is 0 Å². The molecule has 2 heterocycles. The van der Waals surface area contributed by atoms with Crippen LogP contribution in [0.1, 0.15) is 12.0 Å². The van der Waals surface area contributed by atoms with Gasteiger partial charge < -0.3 is 5.32 Å². The molecule has 1 amide bonds. The van der Waals surface area contributed by atoms with Crippen LogP contribution in [0.3, 0.4) is 0 Å². The Bertz CT molecular complexity index is 773. The maximum absolute atomic E-state index is 12.6. The summed E-state index contributed by atoms with van der Waals surface area (Å²) in [7, 11) is 0. The normalized spacial score (nSPS) is 28.2. The highest BCUT2D eigenvalue weighted by Gasteiger charge is 2.65. The van der Waals surface area contributed by atoms with E-state index in [1.54, 1.807) is 0 Å². The SMILES string of the molecule is O=C1NC(=Nc2ccccc2)C2CC1(c1ccccc1)C2=O. The number of carbonyl (C=O) groups excluding carboxylic acids is 2. The van der Waals surface area contributed by atoms with Crippen LogP contribution in [0, 0.1) is 5.92 Å². The van der Waals surface area contributed by atoms with Crippen LogP contribution in [0.25, 0.3) is 0 Å². The lowest BCUT2D eigenvalue weighted by molar-refractivity contribution is -0.147. The molecular weight excluding hydrogens is 276 g/mol. The summed E-state index contributed by atoms with van der Waals surface area (Å²) in [6.45, 7) is 0. The summed E-state index contributed by atoms with van der Waals surface area (Å²) < 4.78 is 0. The summed E-state index contributed by atoms with van der Waals surface area (Å²) in [5.41, 5.74) is 0.499. The van der Waals surface area contributed by atoms with Crippen LogP contribution in [-0.4, -0.2) is 17.5 Å². The highest BCUT2D eigenvalue weighted by Crippen LogP contribution is 2.48. The molecule has 1 aliphatic carbocycles. The zero-order valence-electron chi connectivity index (χ0n) is 11.8. The lowest BCUT2D eigenvalue weighted by Crippen LogP contribution is -2.71. The Hall–Kier alpha value is -2.75. The zero-order valence-corrected chi connectivity index (χ0v) is 11.8. The second kappa shape index (κ2) is 4.63. The number of amides is 1. The molecule has 22 heavy (non-hydrogen) atoms. The Morgan fingerprint density at radius 3 is 2.18 bits per heavy atom. The Kier molecular flexibility index (Phi) is 2.73. The number of nitrogens with one attached hydrogen (secondary N) is 1. The maximum atomic E-state index is 12.6. The van der Waals surface area contributed by atoms with Gasteiger partial charge in [0.05, 0.1) is 11.6 Å². The second-order valence-electron chi connectivity index (χ2n) is 5.68. The number of aliphatic imine (C=N–C) groups is 1. The van der Waals surface area contributed by atoms with Gasteiger partial charge in [0.1, 0.15) is 11.3 Å². The fraction of sp³-hybridized carbons (Fsp3) is 0.167. The number of piperidine rings is 2. The third-order valence-electron chi connectivity index (χ3n) is 4.48. The monoisotopic (exact) mass is 290 g/mol. The first-order valence-electron chi connectivity index (χ1n) is 7.27. The lowest BCUT2D eigenvalue weighted by atomic mass is 9.54. The number of nitrogens with zero attached hydrogens (tertiary/aromatic N) is 1. The smallest absolute Gasteiger partial charge is 0.243 e.